The number of hydrazine groups is 1. The van der Waals surface area contributed by atoms with Crippen molar-refractivity contribution in [1.29, 1.82) is 0 Å². The number of fused-ring (bicyclic) bond motifs is 1. The van der Waals surface area contributed by atoms with Crippen molar-refractivity contribution in [3.63, 3.8) is 0 Å². The number of hydrogen-bond acceptors (Lipinski definition) is 6. The molecule has 7 heteroatoms. The quantitative estimate of drug-likeness (QED) is 0.672. The molecule has 1 unspecified atom stereocenters. The largest absolute Gasteiger partial charge is 0.497 e. The Balaban J connectivity index is 1.68. The lowest BCUT2D eigenvalue weighted by atomic mass is 10.1. The fraction of sp³-hybridized carbons (Fsp3) is 0.238. The maximum atomic E-state index is 12.5. The highest BCUT2D eigenvalue weighted by molar-refractivity contribution is 8.00. The molecule has 3 aromatic rings. The van der Waals surface area contributed by atoms with Gasteiger partial charge in [-0.3, -0.25) is 10.2 Å². The summed E-state index contributed by atoms with van der Waals surface area (Å²) in [5, 5.41) is 2.37. The number of benzene rings is 2. The van der Waals surface area contributed by atoms with Crippen LogP contribution in [0, 0.1) is 13.8 Å². The molecule has 1 saturated heterocycles. The van der Waals surface area contributed by atoms with Crippen LogP contribution in [0.3, 0.4) is 0 Å². The zero-order valence-corrected chi connectivity index (χ0v) is 16.6. The molecule has 1 aliphatic heterocycles. The highest BCUT2D eigenvalue weighted by atomic mass is 32.2. The van der Waals surface area contributed by atoms with Crippen LogP contribution in [-0.4, -0.2) is 23.8 Å². The topological polar surface area (TPSA) is 71.8 Å². The van der Waals surface area contributed by atoms with Gasteiger partial charge in [-0.05, 0) is 54.8 Å². The van der Waals surface area contributed by atoms with Crippen molar-refractivity contribution in [1.82, 2.24) is 5.01 Å². The Hall–Kier alpha value is -2.93. The number of hydrogen-bond donors (Lipinski definition) is 1. The van der Waals surface area contributed by atoms with Gasteiger partial charge in [-0.2, -0.15) is 0 Å². The fourth-order valence-corrected chi connectivity index (χ4v) is 4.38. The van der Waals surface area contributed by atoms with Crippen LogP contribution < -0.4 is 15.8 Å². The molecule has 4 rings (SSSR count). The summed E-state index contributed by atoms with van der Waals surface area (Å²) in [7, 11) is 1.63. The van der Waals surface area contributed by atoms with Crippen LogP contribution in [0.15, 0.2) is 51.7 Å². The van der Waals surface area contributed by atoms with E-state index in [9.17, 15) is 9.59 Å². The molecule has 1 aromatic heterocycles. The van der Waals surface area contributed by atoms with E-state index in [2.05, 4.69) is 5.43 Å². The highest BCUT2D eigenvalue weighted by Crippen LogP contribution is 2.39. The number of nitrogens with one attached hydrogen (secondary N) is 1. The number of ether oxygens (including phenoxy) is 1. The minimum absolute atomic E-state index is 0.0154. The van der Waals surface area contributed by atoms with Crippen LogP contribution >= 0.6 is 11.8 Å². The Morgan fingerprint density at radius 3 is 2.57 bits per heavy atom. The third kappa shape index (κ3) is 3.33. The average Bonchev–Trinajstić information content (AvgIpc) is 3.03. The number of methoxy groups -OCH3 is 1. The van der Waals surface area contributed by atoms with E-state index in [1.165, 1.54) is 6.07 Å². The first-order valence-electron chi connectivity index (χ1n) is 8.85. The van der Waals surface area contributed by atoms with Gasteiger partial charge in [0.25, 0.3) is 5.91 Å². The van der Waals surface area contributed by atoms with Crippen LogP contribution in [0.25, 0.3) is 11.0 Å². The molecule has 0 radical (unpaired) electrons. The number of carbonyl (C=O) groups excluding carboxylic acids is 1. The van der Waals surface area contributed by atoms with Gasteiger partial charge in [0.1, 0.15) is 16.7 Å². The first-order chi connectivity index (χ1) is 13.5. The van der Waals surface area contributed by atoms with E-state index in [1.807, 2.05) is 50.2 Å². The molecule has 28 heavy (non-hydrogen) atoms. The van der Waals surface area contributed by atoms with E-state index >= 15 is 0 Å². The van der Waals surface area contributed by atoms with E-state index in [0.717, 1.165) is 33.5 Å². The lowest BCUT2D eigenvalue weighted by Gasteiger charge is -2.26. The van der Waals surface area contributed by atoms with Gasteiger partial charge in [0.05, 0.1) is 18.6 Å². The number of nitrogens with zero attached hydrogens (tertiary/aromatic N) is 1. The second kappa shape index (κ2) is 7.24. The van der Waals surface area contributed by atoms with Crippen LogP contribution in [0.2, 0.25) is 0 Å². The number of rotatable bonds is 4. The summed E-state index contributed by atoms with van der Waals surface area (Å²) in [5.41, 5.74) is 7.01. The van der Waals surface area contributed by atoms with Crippen LogP contribution in [0.5, 0.6) is 5.75 Å². The molecule has 6 nitrogen and oxygen atoms in total. The SMILES string of the molecule is COc1ccc(C2SCC(=O)N2Nc2cc3c(C)cc(=O)oc3cc2C)cc1. The van der Waals surface area contributed by atoms with E-state index < -0.39 is 0 Å². The molecule has 1 amide bonds. The van der Waals surface area contributed by atoms with Gasteiger partial charge < -0.3 is 9.15 Å². The normalized spacial score (nSPS) is 16.6. The number of carbonyl (C=O) groups is 1. The van der Waals surface area contributed by atoms with E-state index in [1.54, 1.807) is 23.9 Å². The van der Waals surface area contributed by atoms with Gasteiger partial charge >= 0.3 is 5.63 Å². The van der Waals surface area contributed by atoms with Crippen molar-refractivity contribution in [3.05, 3.63) is 69.6 Å². The molecule has 0 saturated carbocycles. The predicted molar refractivity (Wildman–Crippen MR) is 111 cm³/mol. The Bertz CT molecular complexity index is 1110. The molecule has 0 bridgehead atoms. The number of aryl methyl sites for hydroxylation is 2. The zero-order valence-electron chi connectivity index (χ0n) is 15.8. The molecule has 1 atom stereocenters. The molecule has 0 aliphatic carbocycles. The first-order valence-corrected chi connectivity index (χ1v) is 9.90. The van der Waals surface area contributed by atoms with Crippen molar-refractivity contribution < 1.29 is 13.9 Å². The van der Waals surface area contributed by atoms with Gasteiger partial charge in [-0.15, -0.1) is 11.8 Å². The molecule has 0 spiro atoms. The summed E-state index contributed by atoms with van der Waals surface area (Å²) in [6.45, 7) is 3.79. The highest BCUT2D eigenvalue weighted by Gasteiger charge is 2.33. The minimum Gasteiger partial charge on any atom is -0.497 e. The zero-order chi connectivity index (χ0) is 19.8. The van der Waals surface area contributed by atoms with Gasteiger partial charge in [0.15, 0.2) is 0 Å². The lowest BCUT2D eigenvalue weighted by Crippen LogP contribution is -2.34. The van der Waals surface area contributed by atoms with Crippen LogP contribution in [0.4, 0.5) is 5.69 Å². The third-order valence-corrected chi connectivity index (χ3v) is 6.02. The van der Waals surface area contributed by atoms with Crippen molar-refractivity contribution in [2.75, 3.05) is 18.3 Å². The number of amides is 1. The number of thioether (sulfide) groups is 1. The van der Waals surface area contributed by atoms with Crippen LogP contribution in [0.1, 0.15) is 22.1 Å². The Morgan fingerprint density at radius 1 is 1.11 bits per heavy atom. The first kappa shape index (κ1) is 18.4. The number of anilines is 1. The Labute approximate surface area is 166 Å². The lowest BCUT2D eigenvalue weighted by molar-refractivity contribution is -0.126. The summed E-state index contributed by atoms with van der Waals surface area (Å²) < 4.78 is 10.5. The summed E-state index contributed by atoms with van der Waals surface area (Å²) >= 11 is 1.57. The van der Waals surface area contributed by atoms with Crippen molar-refractivity contribution >= 4 is 34.3 Å². The third-order valence-electron chi connectivity index (χ3n) is 4.81. The van der Waals surface area contributed by atoms with Gasteiger partial charge in [-0.1, -0.05) is 12.1 Å². The molecule has 2 aromatic carbocycles. The maximum Gasteiger partial charge on any atom is 0.336 e. The second-order valence-corrected chi connectivity index (χ2v) is 7.79. The van der Waals surface area contributed by atoms with Crippen molar-refractivity contribution in [2.24, 2.45) is 0 Å². The fourth-order valence-electron chi connectivity index (χ4n) is 3.28. The minimum atomic E-state index is -0.365. The molecule has 1 aliphatic rings. The standard InChI is InChI=1S/C21H20N2O4S/c1-12-9-20(25)27-18-8-13(2)17(10-16(12)18)22-23-19(24)11-28-21(23)14-4-6-15(26-3)7-5-14/h4-10,21-22H,11H2,1-3H3. The van der Waals surface area contributed by atoms with Gasteiger partial charge in [0.2, 0.25) is 0 Å². The van der Waals surface area contributed by atoms with Gasteiger partial charge in [0, 0.05) is 11.5 Å². The summed E-state index contributed by atoms with van der Waals surface area (Å²) in [6.07, 6.45) is 0. The molecule has 1 N–H and O–H groups in total. The Kier molecular flexibility index (Phi) is 4.77. The summed E-state index contributed by atoms with van der Waals surface area (Å²) in [4.78, 5) is 24.2. The van der Waals surface area contributed by atoms with Crippen molar-refractivity contribution in [3.8, 4) is 5.75 Å². The Morgan fingerprint density at radius 2 is 1.86 bits per heavy atom. The predicted octanol–water partition coefficient (Wildman–Crippen LogP) is 4.02. The van der Waals surface area contributed by atoms with Gasteiger partial charge in [-0.25, -0.2) is 9.80 Å². The molecule has 144 valence electrons. The van der Waals surface area contributed by atoms with Crippen LogP contribution in [-0.2, 0) is 4.79 Å². The summed E-state index contributed by atoms with van der Waals surface area (Å²) in [5.74, 6) is 1.20. The summed E-state index contributed by atoms with van der Waals surface area (Å²) in [6, 6.07) is 12.9. The second-order valence-electron chi connectivity index (χ2n) is 6.72. The maximum absolute atomic E-state index is 12.5. The van der Waals surface area contributed by atoms with E-state index in [0.29, 0.717) is 11.3 Å². The van der Waals surface area contributed by atoms with E-state index in [4.69, 9.17) is 9.15 Å². The molecular formula is C21H20N2O4S. The van der Waals surface area contributed by atoms with E-state index in [-0.39, 0.29) is 16.9 Å². The molecular weight excluding hydrogens is 376 g/mol. The monoisotopic (exact) mass is 396 g/mol. The average molecular weight is 396 g/mol. The smallest absolute Gasteiger partial charge is 0.336 e. The van der Waals surface area contributed by atoms with Crippen molar-refractivity contribution in [2.45, 2.75) is 19.2 Å². The molecule has 2 heterocycles. The molecule has 1 fully saturated rings.